The third kappa shape index (κ3) is 3.92. The molecule has 104 valence electrons. The molecule has 2 rings (SSSR count). The first-order chi connectivity index (χ1) is 8.96. The second-order valence-corrected chi connectivity index (χ2v) is 5.85. The van der Waals surface area contributed by atoms with Crippen molar-refractivity contribution in [3.8, 4) is 0 Å². The summed E-state index contributed by atoms with van der Waals surface area (Å²) in [6, 6.07) is 3.76. The Balaban J connectivity index is 2.03. The van der Waals surface area contributed by atoms with Crippen molar-refractivity contribution in [1.29, 1.82) is 0 Å². The van der Waals surface area contributed by atoms with Gasteiger partial charge in [0.05, 0.1) is 5.56 Å². The SMILES string of the molecule is CC(C)(C)NC(=O)c1ccc(N2CCNCC2)nc1. The van der Waals surface area contributed by atoms with E-state index in [-0.39, 0.29) is 11.4 Å². The molecule has 1 aliphatic heterocycles. The first kappa shape index (κ1) is 13.8. The second-order valence-electron chi connectivity index (χ2n) is 5.85. The lowest BCUT2D eigenvalue weighted by Crippen LogP contribution is -2.44. The van der Waals surface area contributed by atoms with Crippen LogP contribution in [0.2, 0.25) is 0 Å². The second kappa shape index (κ2) is 5.57. The van der Waals surface area contributed by atoms with Crippen LogP contribution in [0.5, 0.6) is 0 Å². The van der Waals surface area contributed by atoms with E-state index in [0.29, 0.717) is 5.56 Å². The summed E-state index contributed by atoms with van der Waals surface area (Å²) in [5.41, 5.74) is 0.377. The lowest BCUT2D eigenvalue weighted by molar-refractivity contribution is 0.0919. The Morgan fingerprint density at radius 3 is 2.53 bits per heavy atom. The predicted octanol–water partition coefficient (Wildman–Crippen LogP) is 1.02. The maximum Gasteiger partial charge on any atom is 0.253 e. The Hall–Kier alpha value is -1.62. The predicted molar refractivity (Wildman–Crippen MR) is 76.5 cm³/mol. The fourth-order valence-corrected chi connectivity index (χ4v) is 2.01. The van der Waals surface area contributed by atoms with E-state index in [1.165, 1.54) is 0 Å². The lowest BCUT2D eigenvalue weighted by atomic mass is 10.1. The molecule has 0 spiro atoms. The Morgan fingerprint density at radius 1 is 1.32 bits per heavy atom. The molecule has 1 amide bonds. The van der Waals surface area contributed by atoms with Crippen LogP contribution in [0.1, 0.15) is 31.1 Å². The van der Waals surface area contributed by atoms with Crippen LogP contribution in [0.4, 0.5) is 5.82 Å². The van der Waals surface area contributed by atoms with Crippen LogP contribution >= 0.6 is 0 Å². The van der Waals surface area contributed by atoms with Gasteiger partial charge in [-0.1, -0.05) is 0 Å². The number of amides is 1. The van der Waals surface area contributed by atoms with Gasteiger partial charge in [-0.15, -0.1) is 0 Å². The van der Waals surface area contributed by atoms with Gasteiger partial charge in [-0.05, 0) is 32.9 Å². The molecule has 19 heavy (non-hydrogen) atoms. The van der Waals surface area contributed by atoms with E-state index in [9.17, 15) is 4.79 Å². The molecular weight excluding hydrogens is 240 g/mol. The summed E-state index contributed by atoms with van der Waals surface area (Å²) in [5, 5.41) is 6.24. The van der Waals surface area contributed by atoms with Gasteiger partial charge in [0.15, 0.2) is 0 Å². The van der Waals surface area contributed by atoms with Crippen LogP contribution in [0, 0.1) is 0 Å². The number of carbonyl (C=O) groups is 1. The molecule has 0 aromatic carbocycles. The summed E-state index contributed by atoms with van der Waals surface area (Å²) in [5.74, 6) is 0.862. The minimum Gasteiger partial charge on any atom is -0.354 e. The van der Waals surface area contributed by atoms with Gasteiger partial charge in [-0.25, -0.2) is 4.98 Å². The summed E-state index contributed by atoms with van der Waals surface area (Å²) in [4.78, 5) is 18.6. The maximum atomic E-state index is 12.0. The molecule has 0 unspecified atom stereocenters. The van der Waals surface area contributed by atoms with Crippen molar-refractivity contribution in [2.45, 2.75) is 26.3 Å². The van der Waals surface area contributed by atoms with Gasteiger partial charge in [0, 0.05) is 37.9 Å². The van der Waals surface area contributed by atoms with E-state index in [4.69, 9.17) is 0 Å². The standard InChI is InChI=1S/C14H22N4O/c1-14(2,3)17-13(19)11-4-5-12(16-10-11)18-8-6-15-7-9-18/h4-5,10,15H,6-9H2,1-3H3,(H,17,19). The smallest absolute Gasteiger partial charge is 0.253 e. The molecule has 0 saturated carbocycles. The number of nitrogens with one attached hydrogen (secondary N) is 2. The van der Waals surface area contributed by atoms with Crippen LogP contribution < -0.4 is 15.5 Å². The molecule has 5 heteroatoms. The summed E-state index contributed by atoms with van der Waals surface area (Å²) in [6.07, 6.45) is 1.65. The number of anilines is 1. The molecule has 2 heterocycles. The monoisotopic (exact) mass is 262 g/mol. The van der Waals surface area contributed by atoms with Crippen LogP contribution in [-0.2, 0) is 0 Å². The van der Waals surface area contributed by atoms with Crippen molar-refractivity contribution in [3.05, 3.63) is 23.9 Å². The van der Waals surface area contributed by atoms with E-state index in [1.54, 1.807) is 6.20 Å². The van der Waals surface area contributed by atoms with Crippen LogP contribution in [-0.4, -0.2) is 42.6 Å². The molecular formula is C14H22N4O. The highest BCUT2D eigenvalue weighted by Gasteiger charge is 2.16. The van der Waals surface area contributed by atoms with E-state index in [0.717, 1.165) is 32.0 Å². The normalized spacial score (nSPS) is 16.3. The van der Waals surface area contributed by atoms with Gasteiger partial charge < -0.3 is 15.5 Å². The van der Waals surface area contributed by atoms with E-state index in [2.05, 4.69) is 20.5 Å². The average molecular weight is 262 g/mol. The van der Waals surface area contributed by atoms with E-state index >= 15 is 0 Å². The highest BCUT2D eigenvalue weighted by molar-refractivity contribution is 5.94. The van der Waals surface area contributed by atoms with Gasteiger partial charge in [0.1, 0.15) is 5.82 Å². The van der Waals surface area contributed by atoms with Gasteiger partial charge >= 0.3 is 0 Å². The first-order valence-electron chi connectivity index (χ1n) is 6.70. The molecule has 1 aromatic heterocycles. The summed E-state index contributed by atoms with van der Waals surface area (Å²) in [6.45, 7) is 9.78. The third-order valence-corrected chi connectivity index (χ3v) is 2.94. The molecule has 0 aliphatic carbocycles. The zero-order valence-electron chi connectivity index (χ0n) is 11.9. The quantitative estimate of drug-likeness (QED) is 0.835. The third-order valence-electron chi connectivity index (χ3n) is 2.94. The summed E-state index contributed by atoms with van der Waals surface area (Å²) >= 11 is 0. The number of nitrogens with zero attached hydrogens (tertiary/aromatic N) is 2. The number of pyridine rings is 1. The van der Waals surface area contributed by atoms with Crippen LogP contribution in [0.15, 0.2) is 18.3 Å². The molecule has 1 aromatic rings. The number of hydrogen-bond donors (Lipinski definition) is 2. The molecule has 0 radical (unpaired) electrons. The van der Waals surface area contributed by atoms with Gasteiger partial charge in [-0.3, -0.25) is 4.79 Å². The van der Waals surface area contributed by atoms with Crippen LogP contribution in [0.3, 0.4) is 0 Å². The van der Waals surface area contributed by atoms with Gasteiger partial charge in [-0.2, -0.15) is 0 Å². The summed E-state index contributed by atoms with van der Waals surface area (Å²) < 4.78 is 0. The fourth-order valence-electron chi connectivity index (χ4n) is 2.01. The highest BCUT2D eigenvalue weighted by Crippen LogP contribution is 2.12. The van der Waals surface area contributed by atoms with Crippen molar-refractivity contribution < 1.29 is 4.79 Å². The molecule has 0 atom stereocenters. The topological polar surface area (TPSA) is 57.3 Å². The van der Waals surface area contributed by atoms with Crippen LogP contribution in [0.25, 0.3) is 0 Å². The van der Waals surface area contributed by atoms with Crippen molar-refractivity contribution in [2.75, 3.05) is 31.1 Å². The van der Waals surface area contributed by atoms with Crippen molar-refractivity contribution in [1.82, 2.24) is 15.6 Å². The minimum absolute atomic E-state index is 0.0770. The molecule has 0 bridgehead atoms. The molecule has 5 nitrogen and oxygen atoms in total. The van der Waals surface area contributed by atoms with Crippen molar-refractivity contribution in [2.24, 2.45) is 0 Å². The van der Waals surface area contributed by atoms with Crippen molar-refractivity contribution >= 4 is 11.7 Å². The average Bonchev–Trinajstić information content (AvgIpc) is 2.38. The van der Waals surface area contributed by atoms with E-state index < -0.39 is 0 Å². The number of piperazine rings is 1. The zero-order valence-corrected chi connectivity index (χ0v) is 11.9. The van der Waals surface area contributed by atoms with Gasteiger partial charge in [0.25, 0.3) is 5.91 Å². The Labute approximate surface area is 114 Å². The Morgan fingerprint density at radius 2 is 2.00 bits per heavy atom. The number of rotatable bonds is 2. The summed E-state index contributed by atoms with van der Waals surface area (Å²) in [7, 11) is 0. The molecule has 1 saturated heterocycles. The highest BCUT2D eigenvalue weighted by atomic mass is 16.1. The van der Waals surface area contributed by atoms with E-state index in [1.807, 2.05) is 32.9 Å². The molecule has 2 N–H and O–H groups in total. The first-order valence-corrected chi connectivity index (χ1v) is 6.70. The van der Waals surface area contributed by atoms with Crippen molar-refractivity contribution in [3.63, 3.8) is 0 Å². The maximum absolute atomic E-state index is 12.0. The Bertz CT molecular complexity index is 430. The number of aromatic nitrogens is 1. The number of hydrogen-bond acceptors (Lipinski definition) is 4. The Kier molecular flexibility index (Phi) is 4.04. The number of carbonyl (C=O) groups excluding carboxylic acids is 1. The minimum atomic E-state index is -0.228. The van der Waals surface area contributed by atoms with Gasteiger partial charge in [0.2, 0.25) is 0 Å². The zero-order chi connectivity index (χ0) is 13.9. The lowest BCUT2D eigenvalue weighted by Gasteiger charge is -2.28. The fraction of sp³-hybridized carbons (Fsp3) is 0.571. The molecule has 1 aliphatic rings. The largest absolute Gasteiger partial charge is 0.354 e. The molecule has 1 fully saturated rings.